The molecule has 1 saturated heterocycles. The van der Waals surface area contributed by atoms with Gasteiger partial charge in [0.25, 0.3) is 0 Å². The number of benzene rings is 1. The van der Waals surface area contributed by atoms with Gasteiger partial charge < -0.3 is 10.0 Å². The molecule has 1 fully saturated rings. The van der Waals surface area contributed by atoms with E-state index in [4.69, 9.17) is 12.2 Å². The summed E-state index contributed by atoms with van der Waals surface area (Å²) in [5.41, 5.74) is 3.52. The Morgan fingerprint density at radius 3 is 2.72 bits per heavy atom. The zero-order valence-electron chi connectivity index (χ0n) is 10.2. The van der Waals surface area contributed by atoms with Gasteiger partial charge in [-0.1, -0.05) is 12.1 Å². The number of para-hydroxylation sites is 1. The van der Waals surface area contributed by atoms with Crippen molar-refractivity contribution >= 4 is 23.5 Å². The Morgan fingerprint density at radius 1 is 1.28 bits per heavy atom. The number of phenols is 1. The quantitative estimate of drug-likeness (QED) is 0.487. The van der Waals surface area contributed by atoms with Crippen molar-refractivity contribution in [3.05, 3.63) is 29.8 Å². The number of rotatable bonds is 2. The first-order valence-electron chi connectivity index (χ1n) is 6.13. The summed E-state index contributed by atoms with van der Waals surface area (Å²) in [5, 5.41) is 14.3. The Balaban J connectivity index is 1.87. The fourth-order valence-corrected chi connectivity index (χ4v) is 2.16. The van der Waals surface area contributed by atoms with Gasteiger partial charge in [0.15, 0.2) is 5.11 Å². The van der Waals surface area contributed by atoms with Gasteiger partial charge in [0, 0.05) is 18.7 Å². The number of likely N-dealkylation sites (tertiary alicyclic amines) is 1. The molecule has 5 heteroatoms. The summed E-state index contributed by atoms with van der Waals surface area (Å²) < 4.78 is 0. The van der Waals surface area contributed by atoms with Crippen LogP contribution in [0.2, 0.25) is 0 Å². The smallest absolute Gasteiger partial charge is 0.189 e. The lowest BCUT2D eigenvalue weighted by Gasteiger charge is -2.28. The van der Waals surface area contributed by atoms with Crippen molar-refractivity contribution < 1.29 is 5.11 Å². The maximum Gasteiger partial charge on any atom is 0.189 e. The van der Waals surface area contributed by atoms with Crippen LogP contribution in [-0.4, -0.2) is 34.4 Å². The van der Waals surface area contributed by atoms with E-state index in [0.29, 0.717) is 10.7 Å². The van der Waals surface area contributed by atoms with E-state index in [-0.39, 0.29) is 5.75 Å². The van der Waals surface area contributed by atoms with Crippen LogP contribution < -0.4 is 5.43 Å². The maximum atomic E-state index is 9.56. The number of aromatic hydroxyl groups is 1. The van der Waals surface area contributed by atoms with Gasteiger partial charge in [0.1, 0.15) is 5.75 Å². The summed E-state index contributed by atoms with van der Waals surface area (Å²) in [6.07, 6.45) is 5.22. The summed E-state index contributed by atoms with van der Waals surface area (Å²) in [4.78, 5) is 2.13. The topological polar surface area (TPSA) is 47.9 Å². The normalized spacial score (nSPS) is 15.9. The molecule has 1 heterocycles. The minimum Gasteiger partial charge on any atom is -0.507 e. The highest BCUT2D eigenvalue weighted by Crippen LogP contribution is 2.12. The summed E-state index contributed by atoms with van der Waals surface area (Å²) in [7, 11) is 0. The molecule has 18 heavy (non-hydrogen) atoms. The lowest BCUT2D eigenvalue weighted by Crippen LogP contribution is -2.40. The monoisotopic (exact) mass is 263 g/mol. The van der Waals surface area contributed by atoms with Gasteiger partial charge in [0.2, 0.25) is 0 Å². The molecule has 0 spiro atoms. The number of piperidine rings is 1. The molecular weight excluding hydrogens is 246 g/mol. The van der Waals surface area contributed by atoms with E-state index in [1.54, 1.807) is 24.4 Å². The van der Waals surface area contributed by atoms with Crippen LogP contribution in [0.25, 0.3) is 0 Å². The molecule has 1 aromatic rings. The van der Waals surface area contributed by atoms with Crippen LogP contribution >= 0.6 is 12.2 Å². The number of nitrogens with zero attached hydrogens (tertiary/aromatic N) is 2. The molecule has 1 aromatic carbocycles. The van der Waals surface area contributed by atoms with E-state index in [1.165, 1.54) is 19.3 Å². The van der Waals surface area contributed by atoms with Crippen molar-refractivity contribution in [2.24, 2.45) is 5.10 Å². The van der Waals surface area contributed by atoms with Crippen molar-refractivity contribution in [1.29, 1.82) is 0 Å². The molecule has 0 unspecified atom stereocenters. The van der Waals surface area contributed by atoms with Crippen LogP contribution in [0.15, 0.2) is 29.4 Å². The van der Waals surface area contributed by atoms with E-state index in [2.05, 4.69) is 15.4 Å². The molecule has 0 bridgehead atoms. The molecule has 1 aliphatic heterocycles. The van der Waals surface area contributed by atoms with Gasteiger partial charge in [-0.05, 0) is 43.6 Å². The fraction of sp³-hybridized carbons (Fsp3) is 0.385. The molecule has 4 nitrogen and oxygen atoms in total. The van der Waals surface area contributed by atoms with Crippen LogP contribution in [-0.2, 0) is 0 Å². The first-order valence-corrected chi connectivity index (χ1v) is 6.54. The minimum absolute atomic E-state index is 0.215. The predicted molar refractivity (Wildman–Crippen MR) is 76.9 cm³/mol. The zero-order chi connectivity index (χ0) is 12.8. The second kappa shape index (κ2) is 6.35. The Bertz CT molecular complexity index is 442. The molecule has 0 atom stereocenters. The Labute approximate surface area is 112 Å². The van der Waals surface area contributed by atoms with E-state index < -0.39 is 0 Å². The number of hydrazone groups is 1. The number of hydrogen-bond donors (Lipinski definition) is 2. The number of phenolic OH excluding ortho intramolecular Hbond substituents is 1. The first-order chi connectivity index (χ1) is 8.77. The van der Waals surface area contributed by atoms with E-state index in [0.717, 1.165) is 13.1 Å². The molecule has 1 aliphatic rings. The standard InChI is InChI=1S/C13H17N3OS/c17-12-7-3-2-6-11(12)10-14-15-13(18)16-8-4-1-5-9-16/h2-3,6-7,10,17H,1,4-5,8-9H2,(H,15,18)/b14-10+. The van der Waals surface area contributed by atoms with Gasteiger partial charge in [-0.25, -0.2) is 0 Å². The van der Waals surface area contributed by atoms with Crippen LogP contribution in [0.3, 0.4) is 0 Å². The first kappa shape index (κ1) is 12.8. The lowest BCUT2D eigenvalue weighted by atomic mass is 10.1. The molecule has 96 valence electrons. The Hall–Kier alpha value is -1.62. The largest absolute Gasteiger partial charge is 0.507 e. The molecule has 0 saturated carbocycles. The van der Waals surface area contributed by atoms with Crippen molar-refractivity contribution in [1.82, 2.24) is 10.3 Å². The number of thiocarbonyl (C=S) groups is 1. The maximum absolute atomic E-state index is 9.56. The minimum atomic E-state index is 0.215. The van der Waals surface area contributed by atoms with Crippen LogP contribution in [0.4, 0.5) is 0 Å². The van der Waals surface area contributed by atoms with Crippen molar-refractivity contribution in [2.75, 3.05) is 13.1 Å². The third kappa shape index (κ3) is 3.43. The SMILES string of the molecule is Oc1ccccc1/C=N/NC(=S)N1CCCCC1. The van der Waals surface area contributed by atoms with Gasteiger partial charge in [0.05, 0.1) is 6.21 Å². The van der Waals surface area contributed by atoms with Crippen LogP contribution in [0, 0.1) is 0 Å². The van der Waals surface area contributed by atoms with Gasteiger partial charge in [-0.2, -0.15) is 5.10 Å². The average molecular weight is 263 g/mol. The summed E-state index contributed by atoms with van der Waals surface area (Å²) in [5.74, 6) is 0.215. The number of hydrogen-bond acceptors (Lipinski definition) is 3. The molecule has 2 rings (SSSR count). The Kier molecular flexibility index (Phi) is 4.52. The fourth-order valence-electron chi connectivity index (χ4n) is 1.92. The molecular formula is C13H17N3OS. The third-order valence-corrected chi connectivity index (χ3v) is 3.29. The summed E-state index contributed by atoms with van der Waals surface area (Å²) >= 11 is 5.26. The molecule has 0 amide bonds. The van der Waals surface area contributed by atoms with Crippen LogP contribution in [0.5, 0.6) is 5.75 Å². The van der Waals surface area contributed by atoms with Crippen molar-refractivity contribution in [3.63, 3.8) is 0 Å². The highest BCUT2D eigenvalue weighted by atomic mass is 32.1. The second-order valence-corrected chi connectivity index (χ2v) is 4.67. The summed E-state index contributed by atoms with van der Waals surface area (Å²) in [6, 6.07) is 7.05. The summed E-state index contributed by atoms with van der Waals surface area (Å²) in [6.45, 7) is 2.00. The van der Waals surface area contributed by atoms with E-state index in [1.807, 2.05) is 6.07 Å². The predicted octanol–water partition coefficient (Wildman–Crippen LogP) is 2.09. The second-order valence-electron chi connectivity index (χ2n) is 4.28. The van der Waals surface area contributed by atoms with E-state index in [9.17, 15) is 5.11 Å². The van der Waals surface area contributed by atoms with Crippen LogP contribution in [0.1, 0.15) is 24.8 Å². The average Bonchev–Trinajstić information content (AvgIpc) is 2.42. The Morgan fingerprint density at radius 2 is 2.00 bits per heavy atom. The van der Waals surface area contributed by atoms with Gasteiger partial charge >= 0.3 is 0 Å². The molecule has 2 N–H and O–H groups in total. The van der Waals surface area contributed by atoms with Crippen molar-refractivity contribution in [3.8, 4) is 5.75 Å². The highest BCUT2D eigenvalue weighted by Gasteiger charge is 2.12. The van der Waals surface area contributed by atoms with Gasteiger partial charge in [-0.3, -0.25) is 5.43 Å². The molecule has 0 aliphatic carbocycles. The molecule has 0 radical (unpaired) electrons. The third-order valence-electron chi connectivity index (χ3n) is 2.94. The number of nitrogens with one attached hydrogen (secondary N) is 1. The highest BCUT2D eigenvalue weighted by molar-refractivity contribution is 7.80. The van der Waals surface area contributed by atoms with Gasteiger partial charge in [-0.15, -0.1) is 0 Å². The van der Waals surface area contributed by atoms with Crippen molar-refractivity contribution in [2.45, 2.75) is 19.3 Å². The lowest BCUT2D eigenvalue weighted by molar-refractivity contribution is 0.338. The zero-order valence-corrected chi connectivity index (χ0v) is 11.0. The molecule has 0 aromatic heterocycles. The van der Waals surface area contributed by atoms with E-state index >= 15 is 0 Å².